The van der Waals surface area contributed by atoms with E-state index in [1.807, 2.05) is 0 Å². The van der Waals surface area contributed by atoms with Crippen LogP contribution >= 0.6 is 34.8 Å². The summed E-state index contributed by atoms with van der Waals surface area (Å²) in [6.07, 6.45) is 0. The second-order valence-electron chi connectivity index (χ2n) is 2.61. The molecule has 1 rings (SSSR count). The standard InChI is InChI=1S/C4H7O10P3S/c5-15(6,7)13-17(10,11)14-16(8,9)12-4-2-1-3-18-4/h1-3H,(H,8,9)(H,10,11)(H2,5,6,7). The van der Waals surface area contributed by atoms with E-state index >= 15 is 0 Å². The van der Waals surface area contributed by atoms with Crippen molar-refractivity contribution in [1.82, 2.24) is 0 Å². The lowest BCUT2D eigenvalue weighted by Crippen LogP contribution is -1.97. The molecular formula is C4H7O10P3S. The highest BCUT2D eigenvalue weighted by Crippen LogP contribution is 2.66. The Hall–Kier alpha value is -0.0500. The summed E-state index contributed by atoms with van der Waals surface area (Å²) in [6.45, 7) is 0. The Balaban J connectivity index is 2.73. The van der Waals surface area contributed by atoms with Gasteiger partial charge in [0.15, 0.2) is 5.06 Å². The average Bonchev–Trinajstić information content (AvgIpc) is 2.46. The van der Waals surface area contributed by atoms with E-state index in [1.165, 1.54) is 17.5 Å². The molecule has 18 heavy (non-hydrogen) atoms. The predicted molar refractivity (Wildman–Crippen MR) is 58.8 cm³/mol. The van der Waals surface area contributed by atoms with Gasteiger partial charge >= 0.3 is 23.5 Å². The third-order valence-electron chi connectivity index (χ3n) is 1.12. The Bertz CT molecular complexity index is 531. The van der Waals surface area contributed by atoms with Gasteiger partial charge in [-0.05, 0) is 17.5 Å². The van der Waals surface area contributed by atoms with E-state index in [2.05, 4.69) is 13.1 Å². The number of rotatable bonds is 6. The Kier molecular flexibility index (Phi) is 4.91. The highest BCUT2D eigenvalue weighted by molar-refractivity contribution is 7.66. The van der Waals surface area contributed by atoms with Gasteiger partial charge in [0.25, 0.3) is 0 Å². The minimum Gasteiger partial charge on any atom is -0.393 e. The lowest BCUT2D eigenvalue weighted by atomic mass is 10.7. The van der Waals surface area contributed by atoms with Crippen LogP contribution in [0.1, 0.15) is 0 Å². The van der Waals surface area contributed by atoms with Crippen LogP contribution in [0, 0.1) is 0 Å². The minimum absolute atomic E-state index is 0.1000. The molecule has 0 amide bonds. The van der Waals surface area contributed by atoms with Gasteiger partial charge in [-0.15, -0.1) is 11.3 Å². The Morgan fingerprint density at radius 1 is 1.00 bits per heavy atom. The van der Waals surface area contributed by atoms with E-state index < -0.39 is 23.5 Å². The summed E-state index contributed by atoms with van der Waals surface area (Å²) in [5.74, 6) is 0. The smallest absolute Gasteiger partial charge is 0.393 e. The molecule has 4 N–H and O–H groups in total. The quantitative estimate of drug-likeness (QED) is 0.558. The molecule has 104 valence electrons. The molecule has 0 spiro atoms. The normalized spacial score (nSPS) is 18.9. The minimum atomic E-state index is -5.45. The number of hydrogen-bond acceptors (Lipinski definition) is 7. The van der Waals surface area contributed by atoms with Crippen LogP contribution < -0.4 is 4.52 Å². The molecule has 2 atom stereocenters. The molecule has 0 aliphatic heterocycles. The number of thiophene rings is 1. The van der Waals surface area contributed by atoms with Crippen LogP contribution in [0.4, 0.5) is 0 Å². The van der Waals surface area contributed by atoms with Crippen molar-refractivity contribution in [3.63, 3.8) is 0 Å². The van der Waals surface area contributed by atoms with Crippen molar-refractivity contribution in [2.45, 2.75) is 0 Å². The van der Waals surface area contributed by atoms with Gasteiger partial charge < -0.3 is 19.2 Å². The van der Waals surface area contributed by atoms with Gasteiger partial charge in [0.05, 0.1) is 0 Å². The van der Waals surface area contributed by atoms with Crippen LogP contribution in [0.2, 0.25) is 0 Å². The van der Waals surface area contributed by atoms with Crippen molar-refractivity contribution in [2.75, 3.05) is 0 Å². The lowest BCUT2D eigenvalue weighted by Gasteiger charge is -2.15. The van der Waals surface area contributed by atoms with Crippen LogP contribution in [0.3, 0.4) is 0 Å². The van der Waals surface area contributed by atoms with Crippen LogP contribution in [-0.4, -0.2) is 19.6 Å². The first-order valence-electron chi connectivity index (χ1n) is 3.86. The summed E-state index contributed by atoms with van der Waals surface area (Å²) < 4.78 is 43.8. The molecule has 0 saturated heterocycles. The Labute approximate surface area is 104 Å². The molecule has 14 heteroatoms. The fourth-order valence-corrected chi connectivity index (χ4v) is 4.56. The Morgan fingerprint density at radius 3 is 2.06 bits per heavy atom. The van der Waals surface area contributed by atoms with E-state index in [1.54, 1.807) is 0 Å². The van der Waals surface area contributed by atoms with E-state index in [-0.39, 0.29) is 5.06 Å². The summed E-state index contributed by atoms with van der Waals surface area (Å²) in [7, 11) is -15.9. The Morgan fingerprint density at radius 2 is 1.61 bits per heavy atom. The fourth-order valence-electron chi connectivity index (χ4n) is 0.726. The first-order valence-corrected chi connectivity index (χ1v) is 9.26. The molecular weight excluding hydrogens is 333 g/mol. The summed E-state index contributed by atoms with van der Waals surface area (Å²) >= 11 is 0.889. The molecule has 0 aliphatic rings. The van der Waals surface area contributed by atoms with Crippen molar-refractivity contribution < 1.29 is 46.4 Å². The van der Waals surface area contributed by atoms with E-state index in [4.69, 9.17) is 19.6 Å². The molecule has 2 unspecified atom stereocenters. The zero-order valence-electron chi connectivity index (χ0n) is 8.22. The molecule has 0 saturated carbocycles. The largest absolute Gasteiger partial charge is 0.537 e. The van der Waals surface area contributed by atoms with Crippen LogP contribution in [0.5, 0.6) is 5.06 Å². The van der Waals surface area contributed by atoms with Gasteiger partial charge in [-0.25, -0.2) is 13.7 Å². The monoisotopic (exact) mass is 340 g/mol. The zero-order valence-corrected chi connectivity index (χ0v) is 11.7. The third kappa shape index (κ3) is 6.21. The lowest BCUT2D eigenvalue weighted by molar-refractivity contribution is 0.207. The SMILES string of the molecule is O=P(O)(O)OP(=O)(O)OP(=O)(O)Oc1cccs1. The molecule has 0 fully saturated rings. The molecule has 0 radical (unpaired) electrons. The van der Waals surface area contributed by atoms with Gasteiger partial charge in [-0.3, -0.25) is 4.89 Å². The molecule has 1 aromatic rings. The zero-order chi connectivity index (χ0) is 14.0. The summed E-state index contributed by atoms with van der Waals surface area (Å²) in [4.78, 5) is 34.4. The van der Waals surface area contributed by atoms with Gasteiger partial charge in [-0.1, -0.05) is 0 Å². The molecule has 1 heterocycles. The highest BCUT2D eigenvalue weighted by atomic mass is 32.1. The summed E-state index contributed by atoms with van der Waals surface area (Å²) in [5.41, 5.74) is 0. The molecule has 0 bridgehead atoms. The molecule has 0 aliphatic carbocycles. The fraction of sp³-hybridized carbons (Fsp3) is 0. The number of phosphoric acid groups is 3. The average molecular weight is 340 g/mol. The van der Waals surface area contributed by atoms with Crippen LogP contribution in [0.25, 0.3) is 0 Å². The van der Waals surface area contributed by atoms with E-state index in [9.17, 15) is 13.7 Å². The molecule has 1 aromatic heterocycles. The maximum atomic E-state index is 11.2. The third-order valence-corrected chi connectivity index (χ3v) is 5.74. The van der Waals surface area contributed by atoms with Crippen molar-refractivity contribution >= 4 is 34.8 Å². The van der Waals surface area contributed by atoms with Gasteiger partial charge in [0.1, 0.15) is 0 Å². The summed E-state index contributed by atoms with van der Waals surface area (Å²) in [6, 6.07) is 2.73. The highest BCUT2D eigenvalue weighted by Gasteiger charge is 2.41. The van der Waals surface area contributed by atoms with Crippen LogP contribution in [-0.2, 0) is 22.3 Å². The van der Waals surface area contributed by atoms with Crippen molar-refractivity contribution in [1.29, 1.82) is 0 Å². The topological polar surface area (TPSA) is 160 Å². The summed E-state index contributed by atoms with van der Waals surface area (Å²) in [5, 5.41) is 1.39. The van der Waals surface area contributed by atoms with Crippen molar-refractivity contribution in [3.05, 3.63) is 17.5 Å². The van der Waals surface area contributed by atoms with Gasteiger partial charge in [-0.2, -0.15) is 8.62 Å². The second kappa shape index (κ2) is 5.52. The maximum Gasteiger partial charge on any atom is 0.537 e. The van der Waals surface area contributed by atoms with E-state index in [0.717, 1.165) is 11.3 Å². The van der Waals surface area contributed by atoms with E-state index in [0.29, 0.717) is 0 Å². The van der Waals surface area contributed by atoms with Gasteiger partial charge in [0.2, 0.25) is 0 Å². The number of phosphoric ester groups is 1. The molecule has 0 aromatic carbocycles. The number of hydrogen-bond donors (Lipinski definition) is 4. The molecule has 10 nitrogen and oxygen atoms in total. The maximum absolute atomic E-state index is 11.2. The van der Waals surface area contributed by atoms with Gasteiger partial charge in [0, 0.05) is 0 Å². The first-order chi connectivity index (χ1) is 7.99. The van der Waals surface area contributed by atoms with Crippen molar-refractivity contribution in [2.24, 2.45) is 0 Å². The second-order valence-corrected chi connectivity index (χ2v) is 7.87. The van der Waals surface area contributed by atoms with Crippen molar-refractivity contribution in [3.8, 4) is 5.06 Å². The first kappa shape index (κ1) is 16.0. The predicted octanol–water partition coefficient (Wildman–Crippen LogP) is 1.45. The van der Waals surface area contributed by atoms with Crippen LogP contribution in [0.15, 0.2) is 17.5 Å².